The fourth-order valence-corrected chi connectivity index (χ4v) is 3.84. The lowest BCUT2D eigenvalue weighted by Gasteiger charge is -2.34. The van der Waals surface area contributed by atoms with E-state index in [-0.39, 0.29) is 11.7 Å². The number of carbonyl (C=O) groups excluding carboxylic acids is 1. The van der Waals surface area contributed by atoms with Gasteiger partial charge in [0.25, 0.3) is 5.91 Å². The van der Waals surface area contributed by atoms with E-state index in [1.54, 1.807) is 6.07 Å². The maximum Gasteiger partial charge on any atom is 0.255 e. The van der Waals surface area contributed by atoms with Crippen LogP contribution in [0.25, 0.3) is 0 Å². The molecule has 26 heavy (non-hydrogen) atoms. The number of aryl methyl sites for hydroxylation is 1. The zero-order valence-corrected chi connectivity index (χ0v) is 15.7. The minimum Gasteiger partial charge on any atom is -0.365 e. The fraction of sp³-hybridized carbons (Fsp3) is 0.476. The van der Waals surface area contributed by atoms with Crippen molar-refractivity contribution in [3.8, 4) is 0 Å². The Morgan fingerprint density at radius 2 is 2.15 bits per heavy atom. The average Bonchev–Trinajstić information content (AvgIpc) is 3.06. The number of nitrogens with one attached hydrogen (secondary N) is 1. The van der Waals surface area contributed by atoms with Crippen LogP contribution in [0.2, 0.25) is 0 Å². The highest BCUT2D eigenvalue weighted by Gasteiger charge is 2.24. The summed E-state index contributed by atoms with van der Waals surface area (Å²) in [6.45, 7) is 5.58. The van der Waals surface area contributed by atoms with E-state index in [4.69, 9.17) is 0 Å². The molecule has 1 saturated heterocycles. The number of nitrogens with zero attached hydrogens (tertiary/aromatic N) is 2. The van der Waals surface area contributed by atoms with E-state index >= 15 is 0 Å². The molecular formula is C21H28FN3O. The number of amides is 1. The molecule has 0 unspecified atom stereocenters. The number of carbonyl (C=O) groups is 1. The molecule has 4 nitrogen and oxygen atoms in total. The minimum atomic E-state index is -0.117. The zero-order valence-electron chi connectivity index (χ0n) is 15.7. The Kier molecular flexibility index (Phi) is 6.09. The van der Waals surface area contributed by atoms with Crippen LogP contribution in [0.1, 0.15) is 34.5 Å². The van der Waals surface area contributed by atoms with Crippen molar-refractivity contribution in [2.24, 2.45) is 5.92 Å². The lowest BCUT2D eigenvalue weighted by Crippen LogP contribution is -2.42. The summed E-state index contributed by atoms with van der Waals surface area (Å²) in [5, 5.41) is 0. The van der Waals surface area contributed by atoms with Gasteiger partial charge in [-0.3, -0.25) is 4.79 Å². The first-order chi connectivity index (χ1) is 12.5. The molecule has 140 valence electrons. The van der Waals surface area contributed by atoms with Gasteiger partial charge < -0.3 is 14.8 Å². The summed E-state index contributed by atoms with van der Waals surface area (Å²) in [6.07, 6.45) is 4.81. The van der Waals surface area contributed by atoms with Crippen molar-refractivity contribution in [3.05, 3.63) is 59.2 Å². The van der Waals surface area contributed by atoms with Crippen LogP contribution in [0.4, 0.5) is 4.39 Å². The Balaban J connectivity index is 1.51. The predicted octanol–water partition coefficient (Wildman–Crippen LogP) is 3.49. The van der Waals surface area contributed by atoms with Crippen LogP contribution in [-0.2, 0) is 6.42 Å². The molecular weight excluding hydrogens is 329 g/mol. The van der Waals surface area contributed by atoms with Crippen LogP contribution in [-0.4, -0.2) is 53.9 Å². The van der Waals surface area contributed by atoms with E-state index in [0.717, 1.165) is 62.3 Å². The molecule has 0 bridgehead atoms. The summed E-state index contributed by atoms with van der Waals surface area (Å²) in [5.41, 5.74) is 2.45. The number of aromatic nitrogens is 1. The Morgan fingerprint density at radius 1 is 1.35 bits per heavy atom. The van der Waals surface area contributed by atoms with E-state index in [0.29, 0.717) is 5.92 Å². The van der Waals surface area contributed by atoms with Gasteiger partial charge >= 0.3 is 0 Å². The molecule has 1 amide bonds. The average molecular weight is 357 g/mol. The Bertz CT molecular complexity index is 742. The first-order valence-electron chi connectivity index (χ1n) is 9.40. The molecule has 1 N–H and O–H groups in total. The van der Waals surface area contributed by atoms with Gasteiger partial charge in [0.2, 0.25) is 0 Å². The number of piperidine rings is 1. The predicted molar refractivity (Wildman–Crippen MR) is 102 cm³/mol. The molecule has 0 aliphatic carbocycles. The maximum absolute atomic E-state index is 13.8. The number of halogens is 1. The molecule has 3 rings (SSSR count). The van der Waals surface area contributed by atoms with Gasteiger partial charge in [0, 0.05) is 38.6 Å². The minimum absolute atomic E-state index is 0.0761. The fourth-order valence-electron chi connectivity index (χ4n) is 3.84. The van der Waals surface area contributed by atoms with Crippen LogP contribution in [0.3, 0.4) is 0 Å². The van der Waals surface area contributed by atoms with E-state index in [9.17, 15) is 9.18 Å². The van der Waals surface area contributed by atoms with Crippen molar-refractivity contribution in [2.45, 2.75) is 26.2 Å². The number of benzene rings is 1. The molecule has 2 aromatic rings. The summed E-state index contributed by atoms with van der Waals surface area (Å²) in [4.78, 5) is 19.9. The molecule has 1 aliphatic rings. The summed E-state index contributed by atoms with van der Waals surface area (Å²) in [6, 6.07) is 8.85. The summed E-state index contributed by atoms with van der Waals surface area (Å²) in [7, 11) is 1.88. The van der Waals surface area contributed by atoms with Gasteiger partial charge in [-0.15, -0.1) is 0 Å². The number of aromatic amines is 1. The summed E-state index contributed by atoms with van der Waals surface area (Å²) >= 11 is 0. The van der Waals surface area contributed by atoms with E-state index in [1.165, 1.54) is 6.07 Å². The quantitative estimate of drug-likeness (QED) is 0.860. The van der Waals surface area contributed by atoms with Crippen LogP contribution < -0.4 is 0 Å². The second kappa shape index (κ2) is 8.49. The highest BCUT2D eigenvalue weighted by atomic mass is 19.1. The summed E-state index contributed by atoms with van der Waals surface area (Å²) in [5.74, 6) is 0.429. The van der Waals surface area contributed by atoms with Crippen molar-refractivity contribution < 1.29 is 9.18 Å². The number of likely N-dealkylation sites (tertiary alicyclic amines) is 1. The molecule has 2 heterocycles. The van der Waals surface area contributed by atoms with Crippen LogP contribution in [0.5, 0.6) is 0 Å². The number of hydrogen-bond donors (Lipinski definition) is 1. The Morgan fingerprint density at radius 3 is 2.88 bits per heavy atom. The maximum atomic E-state index is 13.8. The molecule has 0 saturated carbocycles. The molecule has 0 radical (unpaired) electrons. The lowest BCUT2D eigenvalue weighted by molar-refractivity contribution is 0.0729. The normalized spacial score (nSPS) is 18.0. The monoisotopic (exact) mass is 357 g/mol. The van der Waals surface area contributed by atoms with Crippen molar-refractivity contribution >= 4 is 5.91 Å². The summed E-state index contributed by atoms with van der Waals surface area (Å²) < 4.78 is 13.8. The van der Waals surface area contributed by atoms with Gasteiger partial charge in [0.05, 0.1) is 5.56 Å². The topological polar surface area (TPSA) is 39.3 Å². The van der Waals surface area contributed by atoms with Gasteiger partial charge in [0.15, 0.2) is 0 Å². The van der Waals surface area contributed by atoms with Crippen LogP contribution in [0, 0.1) is 18.7 Å². The van der Waals surface area contributed by atoms with Crippen molar-refractivity contribution in [3.63, 3.8) is 0 Å². The van der Waals surface area contributed by atoms with Crippen molar-refractivity contribution in [1.82, 2.24) is 14.8 Å². The zero-order chi connectivity index (χ0) is 18.5. The van der Waals surface area contributed by atoms with Gasteiger partial charge in [-0.05, 0) is 56.3 Å². The van der Waals surface area contributed by atoms with E-state index in [2.05, 4.69) is 9.88 Å². The van der Waals surface area contributed by atoms with Crippen molar-refractivity contribution in [2.75, 3.05) is 33.2 Å². The molecule has 1 aromatic heterocycles. The van der Waals surface area contributed by atoms with Crippen LogP contribution in [0.15, 0.2) is 36.5 Å². The number of hydrogen-bond acceptors (Lipinski definition) is 2. The van der Waals surface area contributed by atoms with E-state index in [1.807, 2.05) is 43.3 Å². The first kappa shape index (κ1) is 18.6. The van der Waals surface area contributed by atoms with Crippen LogP contribution >= 0.6 is 0 Å². The lowest BCUT2D eigenvalue weighted by atomic mass is 9.96. The highest BCUT2D eigenvalue weighted by Crippen LogP contribution is 2.19. The Hall–Kier alpha value is -2.14. The number of rotatable bonds is 6. The van der Waals surface area contributed by atoms with Gasteiger partial charge in [0.1, 0.15) is 5.82 Å². The molecule has 1 atom stereocenters. The second-order valence-corrected chi connectivity index (χ2v) is 7.35. The second-order valence-electron chi connectivity index (χ2n) is 7.35. The SMILES string of the molecule is Cc1[nH]ccc1C(=O)N(C)C[C@@H]1CCCN(CCc2ccccc2F)C1. The molecule has 1 fully saturated rings. The molecule has 5 heteroatoms. The third kappa shape index (κ3) is 4.52. The molecule has 1 aliphatic heterocycles. The van der Waals surface area contributed by atoms with Gasteiger partial charge in [-0.1, -0.05) is 18.2 Å². The standard InChI is InChI=1S/C21H28FN3O/c1-16-19(9-11-23-16)21(26)24(2)14-17-6-5-12-25(15-17)13-10-18-7-3-4-8-20(18)22/h3-4,7-9,11,17,23H,5-6,10,12-15H2,1-2H3/t17-/m0/s1. The van der Waals surface area contributed by atoms with Gasteiger partial charge in [-0.2, -0.15) is 0 Å². The largest absolute Gasteiger partial charge is 0.365 e. The molecule has 1 aromatic carbocycles. The third-order valence-electron chi connectivity index (χ3n) is 5.32. The molecule has 0 spiro atoms. The van der Waals surface area contributed by atoms with Gasteiger partial charge in [-0.25, -0.2) is 4.39 Å². The first-order valence-corrected chi connectivity index (χ1v) is 9.40. The highest BCUT2D eigenvalue weighted by molar-refractivity contribution is 5.95. The number of H-pyrrole nitrogens is 1. The third-order valence-corrected chi connectivity index (χ3v) is 5.32. The smallest absolute Gasteiger partial charge is 0.255 e. The van der Waals surface area contributed by atoms with Crippen molar-refractivity contribution in [1.29, 1.82) is 0 Å². The Labute approximate surface area is 155 Å². The van der Waals surface area contributed by atoms with E-state index < -0.39 is 0 Å².